The molecular weight excluding hydrogens is 444 g/mol. The molecule has 0 bridgehead atoms. The van der Waals surface area contributed by atoms with Crippen molar-refractivity contribution in [2.75, 3.05) is 0 Å². The topological polar surface area (TPSA) is 84.6 Å². The fraction of sp³-hybridized carbons (Fsp3) is 0.174. The Bertz CT molecular complexity index is 1700. The Morgan fingerprint density at radius 2 is 1.88 bits per heavy atom. The first-order chi connectivity index (χ1) is 15.9. The molecule has 0 spiro atoms. The van der Waals surface area contributed by atoms with Crippen molar-refractivity contribution in [2.24, 2.45) is 0 Å². The zero-order chi connectivity index (χ0) is 22.9. The summed E-state index contributed by atoms with van der Waals surface area (Å²) in [4.78, 5) is 13.9. The van der Waals surface area contributed by atoms with E-state index in [1.807, 2.05) is 6.07 Å². The lowest BCUT2D eigenvalue weighted by Crippen LogP contribution is -1.92. The molecule has 164 valence electrons. The fourth-order valence-electron chi connectivity index (χ4n) is 4.14. The molecule has 0 atom stereocenters. The number of aryl methyl sites for hydroxylation is 3. The number of pyridine rings is 1. The Balaban J connectivity index is 1.49. The van der Waals surface area contributed by atoms with Crippen LogP contribution in [0.5, 0.6) is 0 Å². The predicted molar refractivity (Wildman–Crippen MR) is 124 cm³/mol. The number of hydrogen-bond acceptors (Lipinski definition) is 6. The van der Waals surface area contributed by atoms with Crippen LogP contribution in [0.25, 0.3) is 48.9 Å². The van der Waals surface area contributed by atoms with Gasteiger partial charge in [-0.05, 0) is 44.0 Å². The van der Waals surface area contributed by atoms with Crippen molar-refractivity contribution in [1.82, 2.24) is 34.8 Å². The van der Waals surface area contributed by atoms with Gasteiger partial charge in [0.25, 0.3) is 6.43 Å². The van der Waals surface area contributed by atoms with Gasteiger partial charge < -0.3 is 0 Å². The maximum atomic E-state index is 13.2. The zero-order valence-corrected chi connectivity index (χ0v) is 18.7. The van der Waals surface area contributed by atoms with Crippen LogP contribution in [0, 0.1) is 20.8 Å². The highest BCUT2D eigenvalue weighted by atomic mass is 32.1. The summed E-state index contributed by atoms with van der Waals surface area (Å²) < 4.78 is 28.8. The predicted octanol–water partition coefficient (Wildman–Crippen LogP) is 5.81. The number of aromatic nitrogens is 7. The number of nitrogens with one attached hydrogen (secondary N) is 1. The molecule has 1 aromatic carbocycles. The number of halogens is 2. The van der Waals surface area contributed by atoms with E-state index in [9.17, 15) is 8.78 Å². The quantitative estimate of drug-likeness (QED) is 0.360. The molecule has 33 heavy (non-hydrogen) atoms. The van der Waals surface area contributed by atoms with E-state index in [4.69, 9.17) is 4.98 Å². The SMILES string of the molecule is Cc1ccc(-c2cc(-c3nc4c5sc6nc(C(F)F)cc(C)c6c5ncn4n3)[nH]n2)c(C)c1. The third-order valence-electron chi connectivity index (χ3n) is 5.68. The minimum atomic E-state index is -2.63. The third-order valence-corrected chi connectivity index (χ3v) is 6.75. The van der Waals surface area contributed by atoms with Crippen molar-refractivity contribution in [3.63, 3.8) is 0 Å². The van der Waals surface area contributed by atoms with E-state index in [0.717, 1.165) is 26.9 Å². The van der Waals surface area contributed by atoms with Gasteiger partial charge in [0.15, 0.2) is 11.5 Å². The first kappa shape index (κ1) is 19.9. The first-order valence-corrected chi connectivity index (χ1v) is 11.1. The van der Waals surface area contributed by atoms with Gasteiger partial charge in [-0.1, -0.05) is 23.8 Å². The summed E-state index contributed by atoms with van der Waals surface area (Å²) in [7, 11) is 0. The van der Waals surface area contributed by atoms with E-state index in [1.54, 1.807) is 17.8 Å². The molecule has 0 aliphatic heterocycles. The summed E-state index contributed by atoms with van der Waals surface area (Å²) in [6, 6.07) is 9.56. The third kappa shape index (κ3) is 3.09. The molecular formula is C23H17F2N7S. The summed E-state index contributed by atoms with van der Waals surface area (Å²) in [6.45, 7) is 5.91. The fourth-order valence-corrected chi connectivity index (χ4v) is 5.32. The van der Waals surface area contributed by atoms with Gasteiger partial charge >= 0.3 is 0 Å². The van der Waals surface area contributed by atoms with Gasteiger partial charge in [-0.15, -0.1) is 16.4 Å². The van der Waals surface area contributed by atoms with Crippen molar-refractivity contribution in [3.8, 4) is 22.8 Å². The average molecular weight is 462 g/mol. The molecule has 6 rings (SSSR count). The van der Waals surface area contributed by atoms with Gasteiger partial charge in [0.05, 0.1) is 11.2 Å². The largest absolute Gasteiger partial charge is 0.280 e. The van der Waals surface area contributed by atoms with Crippen LogP contribution < -0.4 is 0 Å². The lowest BCUT2D eigenvalue weighted by atomic mass is 10.0. The maximum absolute atomic E-state index is 13.2. The van der Waals surface area contributed by atoms with Crippen LogP contribution in [0.15, 0.2) is 36.7 Å². The van der Waals surface area contributed by atoms with Gasteiger partial charge in [-0.3, -0.25) is 5.10 Å². The van der Waals surface area contributed by atoms with Crippen LogP contribution in [0.3, 0.4) is 0 Å². The molecule has 0 amide bonds. The average Bonchev–Trinajstić information content (AvgIpc) is 3.49. The summed E-state index contributed by atoms with van der Waals surface area (Å²) in [6.07, 6.45) is -1.04. The van der Waals surface area contributed by atoms with E-state index in [2.05, 4.69) is 57.3 Å². The number of fused-ring (bicyclic) bond motifs is 5. The second-order valence-electron chi connectivity index (χ2n) is 8.06. The van der Waals surface area contributed by atoms with Crippen molar-refractivity contribution < 1.29 is 8.78 Å². The van der Waals surface area contributed by atoms with E-state index in [0.29, 0.717) is 33.1 Å². The number of alkyl halides is 2. The maximum Gasteiger partial charge on any atom is 0.280 e. The van der Waals surface area contributed by atoms with Crippen LogP contribution in [-0.2, 0) is 0 Å². The Morgan fingerprint density at radius 3 is 2.67 bits per heavy atom. The number of nitrogens with zero attached hydrogens (tertiary/aromatic N) is 6. The molecule has 5 aromatic heterocycles. The van der Waals surface area contributed by atoms with E-state index in [1.165, 1.54) is 23.0 Å². The highest BCUT2D eigenvalue weighted by Crippen LogP contribution is 2.37. The summed E-state index contributed by atoms with van der Waals surface area (Å²) in [5, 5.41) is 12.8. The molecule has 10 heteroatoms. The molecule has 1 N–H and O–H groups in total. The van der Waals surface area contributed by atoms with Crippen LogP contribution >= 0.6 is 11.3 Å². The van der Waals surface area contributed by atoms with E-state index >= 15 is 0 Å². The molecule has 0 radical (unpaired) electrons. The van der Waals surface area contributed by atoms with E-state index < -0.39 is 6.43 Å². The Kier molecular flexibility index (Phi) is 4.28. The van der Waals surface area contributed by atoms with Crippen LogP contribution in [0.4, 0.5) is 8.78 Å². The van der Waals surface area contributed by atoms with Crippen molar-refractivity contribution in [1.29, 1.82) is 0 Å². The number of benzene rings is 1. The summed E-state index contributed by atoms with van der Waals surface area (Å²) in [5.74, 6) is 0.475. The summed E-state index contributed by atoms with van der Waals surface area (Å²) in [5.41, 5.74) is 6.62. The smallest absolute Gasteiger partial charge is 0.274 e. The molecule has 5 heterocycles. The van der Waals surface area contributed by atoms with Gasteiger partial charge in [0.2, 0.25) is 0 Å². The van der Waals surface area contributed by atoms with Gasteiger partial charge in [-0.25, -0.2) is 28.2 Å². The standard InChI is InChI=1S/C23H17F2N7S/c1-10-4-5-13(11(2)6-10)14-8-16(30-29-14)21-28-22-19-18(26-9-32(22)31-21)17-12(3)7-15(20(24)25)27-23(17)33-19/h4-9,20H,1-3H3,(H,29,30). The number of aromatic amines is 1. The zero-order valence-electron chi connectivity index (χ0n) is 17.9. The normalized spacial score (nSPS) is 12.1. The molecule has 7 nitrogen and oxygen atoms in total. The van der Waals surface area contributed by atoms with Crippen molar-refractivity contribution >= 4 is 37.4 Å². The lowest BCUT2D eigenvalue weighted by molar-refractivity contribution is 0.146. The highest BCUT2D eigenvalue weighted by Gasteiger charge is 2.20. The molecule has 0 fully saturated rings. The molecule has 0 saturated heterocycles. The first-order valence-electron chi connectivity index (χ1n) is 10.3. The second kappa shape index (κ2) is 7.11. The molecule has 0 saturated carbocycles. The Hall–Kier alpha value is -3.79. The lowest BCUT2D eigenvalue weighted by Gasteiger charge is -2.02. The monoisotopic (exact) mass is 461 g/mol. The van der Waals surface area contributed by atoms with Crippen LogP contribution in [0.1, 0.15) is 28.8 Å². The number of hydrogen-bond donors (Lipinski definition) is 1. The minimum Gasteiger partial charge on any atom is -0.274 e. The van der Waals surface area contributed by atoms with Gasteiger partial charge in [-0.2, -0.15) is 5.10 Å². The number of H-pyrrole nitrogens is 1. The minimum absolute atomic E-state index is 0.235. The van der Waals surface area contributed by atoms with Crippen molar-refractivity contribution in [3.05, 3.63) is 59.0 Å². The Morgan fingerprint density at radius 1 is 1.03 bits per heavy atom. The molecule has 0 unspecified atom stereocenters. The molecule has 6 aromatic rings. The summed E-state index contributed by atoms with van der Waals surface area (Å²) >= 11 is 1.29. The second-order valence-corrected chi connectivity index (χ2v) is 9.06. The molecule has 0 aliphatic carbocycles. The van der Waals surface area contributed by atoms with Crippen molar-refractivity contribution in [2.45, 2.75) is 27.2 Å². The van der Waals surface area contributed by atoms with Gasteiger partial charge in [0.1, 0.15) is 27.2 Å². The highest BCUT2D eigenvalue weighted by molar-refractivity contribution is 7.26. The van der Waals surface area contributed by atoms with Crippen LogP contribution in [-0.4, -0.2) is 34.8 Å². The van der Waals surface area contributed by atoms with Crippen LogP contribution in [0.2, 0.25) is 0 Å². The van der Waals surface area contributed by atoms with E-state index in [-0.39, 0.29) is 5.69 Å². The molecule has 0 aliphatic rings. The number of thiophene rings is 1. The number of rotatable bonds is 3. The van der Waals surface area contributed by atoms with Gasteiger partial charge in [0, 0.05) is 10.9 Å². The Labute approximate surface area is 190 Å².